The molecule has 0 saturated carbocycles. The summed E-state index contributed by atoms with van der Waals surface area (Å²) in [4.78, 5) is 0. The Morgan fingerprint density at radius 1 is 1.53 bits per heavy atom. The predicted molar refractivity (Wildman–Crippen MR) is 66.2 cm³/mol. The van der Waals surface area contributed by atoms with Crippen molar-refractivity contribution < 1.29 is 5.11 Å². The monoisotopic (exact) mass is 227 g/mol. The fourth-order valence-corrected chi connectivity index (χ4v) is 2.37. The van der Waals surface area contributed by atoms with Crippen molar-refractivity contribution in [3.8, 4) is 0 Å². The topological polar surface area (TPSA) is 32.3 Å². The van der Waals surface area contributed by atoms with Gasteiger partial charge in [0.15, 0.2) is 0 Å². The van der Waals surface area contributed by atoms with Crippen molar-refractivity contribution in [2.45, 2.75) is 32.7 Å². The number of rotatable bonds is 7. The minimum atomic E-state index is 0.299. The lowest BCUT2D eigenvalue weighted by atomic mass is 10.0. The average molecular weight is 227 g/mol. The maximum atomic E-state index is 8.89. The summed E-state index contributed by atoms with van der Waals surface area (Å²) in [5.74, 6) is 0.594. The highest BCUT2D eigenvalue weighted by atomic mass is 32.1. The van der Waals surface area contributed by atoms with Crippen molar-refractivity contribution in [2.24, 2.45) is 5.92 Å². The van der Waals surface area contributed by atoms with Crippen LogP contribution in [-0.2, 0) is 0 Å². The summed E-state index contributed by atoms with van der Waals surface area (Å²) in [5.41, 5.74) is 1.36. The number of aliphatic hydroxyl groups excluding tert-OH is 1. The van der Waals surface area contributed by atoms with E-state index < -0.39 is 0 Å². The zero-order chi connectivity index (χ0) is 11.1. The Morgan fingerprint density at radius 3 is 2.87 bits per heavy atom. The fraction of sp³-hybridized carbons (Fsp3) is 0.667. The first-order chi connectivity index (χ1) is 7.27. The fourth-order valence-electron chi connectivity index (χ4n) is 1.62. The molecular formula is C12H21NOS. The molecule has 2 unspecified atom stereocenters. The maximum absolute atomic E-state index is 8.89. The molecule has 1 heterocycles. The minimum absolute atomic E-state index is 0.299. The average Bonchev–Trinajstić information content (AvgIpc) is 2.77. The third kappa shape index (κ3) is 4.33. The normalized spacial score (nSPS) is 15.1. The van der Waals surface area contributed by atoms with E-state index in [1.165, 1.54) is 5.56 Å². The zero-order valence-electron chi connectivity index (χ0n) is 9.57. The first-order valence-electron chi connectivity index (χ1n) is 5.64. The maximum Gasteiger partial charge on any atom is 0.0434 e. The molecular weight excluding hydrogens is 206 g/mol. The molecule has 1 aromatic rings. The van der Waals surface area contributed by atoms with Gasteiger partial charge in [0.2, 0.25) is 0 Å². The zero-order valence-corrected chi connectivity index (χ0v) is 10.4. The molecule has 86 valence electrons. The van der Waals surface area contributed by atoms with Gasteiger partial charge in [-0.25, -0.2) is 0 Å². The number of aliphatic hydroxyl groups is 1. The Balaban J connectivity index is 2.29. The second-order valence-corrected chi connectivity index (χ2v) is 4.75. The number of thiophene rings is 1. The summed E-state index contributed by atoms with van der Waals surface area (Å²) >= 11 is 1.74. The second kappa shape index (κ2) is 6.99. The Kier molecular flexibility index (Phi) is 5.91. The van der Waals surface area contributed by atoms with Gasteiger partial charge in [-0.1, -0.05) is 13.3 Å². The smallest absolute Gasteiger partial charge is 0.0434 e. The predicted octanol–water partition coefficient (Wildman–Crippen LogP) is 2.81. The van der Waals surface area contributed by atoms with Crippen molar-refractivity contribution in [3.63, 3.8) is 0 Å². The Labute approximate surface area is 96.3 Å². The van der Waals surface area contributed by atoms with Crippen molar-refractivity contribution >= 4 is 11.3 Å². The van der Waals surface area contributed by atoms with E-state index in [-0.39, 0.29) is 0 Å². The number of nitrogens with one attached hydrogen (secondary N) is 1. The lowest BCUT2D eigenvalue weighted by Gasteiger charge is -2.18. The molecule has 0 amide bonds. The third-order valence-corrected chi connectivity index (χ3v) is 3.57. The van der Waals surface area contributed by atoms with Crippen LogP contribution in [0.4, 0.5) is 0 Å². The van der Waals surface area contributed by atoms with Gasteiger partial charge in [-0.2, -0.15) is 11.3 Å². The molecule has 1 rings (SSSR count). The van der Waals surface area contributed by atoms with Crippen LogP contribution in [0, 0.1) is 5.92 Å². The first-order valence-corrected chi connectivity index (χ1v) is 6.58. The van der Waals surface area contributed by atoms with Gasteiger partial charge in [0.05, 0.1) is 0 Å². The molecule has 0 aliphatic heterocycles. The lowest BCUT2D eigenvalue weighted by Crippen LogP contribution is -2.25. The van der Waals surface area contributed by atoms with Gasteiger partial charge in [-0.3, -0.25) is 0 Å². The largest absolute Gasteiger partial charge is 0.396 e. The first kappa shape index (κ1) is 12.7. The van der Waals surface area contributed by atoms with Gasteiger partial charge in [0.1, 0.15) is 0 Å². The molecule has 0 aliphatic rings. The van der Waals surface area contributed by atoms with Crippen LogP contribution in [0.2, 0.25) is 0 Å². The van der Waals surface area contributed by atoms with E-state index in [0.717, 1.165) is 19.4 Å². The van der Waals surface area contributed by atoms with Gasteiger partial charge >= 0.3 is 0 Å². The van der Waals surface area contributed by atoms with E-state index in [1.54, 1.807) is 11.3 Å². The van der Waals surface area contributed by atoms with E-state index in [9.17, 15) is 0 Å². The molecule has 0 saturated heterocycles. The molecule has 0 aliphatic carbocycles. The Hall–Kier alpha value is -0.380. The van der Waals surface area contributed by atoms with Crippen LogP contribution in [0.1, 0.15) is 38.3 Å². The minimum Gasteiger partial charge on any atom is -0.396 e. The number of hydrogen-bond donors (Lipinski definition) is 2. The standard InChI is InChI=1S/C12H21NOS/c1-3-11(4-6-14)8-13-10(2)12-5-7-15-9-12/h5,7,9-11,13-14H,3-4,6,8H2,1-2H3. The molecule has 15 heavy (non-hydrogen) atoms. The van der Waals surface area contributed by atoms with Crippen molar-refractivity contribution in [1.29, 1.82) is 0 Å². The summed E-state index contributed by atoms with van der Waals surface area (Å²) in [6, 6.07) is 2.58. The SMILES string of the molecule is CCC(CCO)CNC(C)c1ccsc1. The molecule has 0 aromatic carbocycles. The third-order valence-electron chi connectivity index (χ3n) is 2.87. The molecule has 2 atom stereocenters. The highest BCUT2D eigenvalue weighted by Gasteiger charge is 2.09. The van der Waals surface area contributed by atoms with Crippen LogP contribution < -0.4 is 5.32 Å². The van der Waals surface area contributed by atoms with Gasteiger partial charge < -0.3 is 10.4 Å². The van der Waals surface area contributed by atoms with Crippen LogP contribution in [0.15, 0.2) is 16.8 Å². The Morgan fingerprint density at radius 2 is 2.33 bits per heavy atom. The number of hydrogen-bond acceptors (Lipinski definition) is 3. The van der Waals surface area contributed by atoms with Gasteiger partial charge in [0.25, 0.3) is 0 Å². The molecule has 0 bridgehead atoms. The molecule has 0 radical (unpaired) electrons. The van der Waals surface area contributed by atoms with Crippen LogP contribution in [0.3, 0.4) is 0 Å². The van der Waals surface area contributed by atoms with Crippen molar-refractivity contribution in [2.75, 3.05) is 13.2 Å². The summed E-state index contributed by atoms with van der Waals surface area (Å²) in [7, 11) is 0. The van der Waals surface area contributed by atoms with E-state index in [0.29, 0.717) is 18.6 Å². The molecule has 0 spiro atoms. The van der Waals surface area contributed by atoms with E-state index >= 15 is 0 Å². The molecule has 3 heteroatoms. The van der Waals surface area contributed by atoms with E-state index in [4.69, 9.17) is 5.11 Å². The summed E-state index contributed by atoms with van der Waals surface area (Å²) in [6.07, 6.45) is 2.03. The molecule has 2 nitrogen and oxygen atoms in total. The van der Waals surface area contributed by atoms with E-state index in [2.05, 4.69) is 36.0 Å². The van der Waals surface area contributed by atoms with Crippen molar-refractivity contribution in [1.82, 2.24) is 5.32 Å². The van der Waals surface area contributed by atoms with Crippen LogP contribution in [0.5, 0.6) is 0 Å². The highest BCUT2D eigenvalue weighted by Crippen LogP contribution is 2.16. The van der Waals surface area contributed by atoms with Crippen LogP contribution in [0.25, 0.3) is 0 Å². The summed E-state index contributed by atoms with van der Waals surface area (Å²) in [5, 5.41) is 16.7. The van der Waals surface area contributed by atoms with Crippen LogP contribution in [-0.4, -0.2) is 18.3 Å². The highest BCUT2D eigenvalue weighted by molar-refractivity contribution is 7.07. The molecule has 2 N–H and O–H groups in total. The Bertz CT molecular complexity index is 248. The van der Waals surface area contributed by atoms with E-state index in [1.807, 2.05) is 0 Å². The van der Waals surface area contributed by atoms with Crippen molar-refractivity contribution in [3.05, 3.63) is 22.4 Å². The summed E-state index contributed by atoms with van der Waals surface area (Å²) < 4.78 is 0. The second-order valence-electron chi connectivity index (χ2n) is 3.97. The van der Waals surface area contributed by atoms with Gasteiger partial charge in [0, 0.05) is 12.6 Å². The van der Waals surface area contributed by atoms with Gasteiger partial charge in [-0.05, 0) is 48.2 Å². The molecule has 0 fully saturated rings. The van der Waals surface area contributed by atoms with Gasteiger partial charge in [-0.15, -0.1) is 0 Å². The molecule has 1 aromatic heterocycles. The van der Waals surface area contributed by atoms with Crippen LogP contribution >= 0.6 is 11.3 Å². The quantitative estimate of drug-likeness (QED) is 0.750. The summed E-state index contributed by atoms with van der Waals surface area (Å²) in [6.45, 7) is 5.66. The lowest BCUT2D eigenvalue weighted by molar-refractivity contribution is 0.249.